The Morgan fingerprint density at radius 3 is 2.93 bits per heavy atom. The number of aromatic hydroxyl groups is 1. The van der Waals surface area contributed by atoms with Gasteiger partial charge in [-0.15, -0.1) is 0 Å². The number of carbonyl (C=O) groups is 1. The van der Waals surface area contributed by atoms with Gasteiger partial charge in [-0.25, -0.2) is 4.79 Å². The molecule has 5 rings (SSSR count). The van der Waals surface area contributed by atoms with E-state index < -0.39 is 5.63 Å². The number of fused-ring (bicyclic) bond motifs is 4. The van der Waals surface area contributed by atoms with Crippen LogP contribution in [-0.4, -0.2) is 16.0 Å². The second kappa shape index (κ2) is 7.06. The van der Waals surface area contributed by atoms with Crippen LogP contribution in [0.15, 0.2) is 51.7 Å². The number of hydrogen-bond acceptors (Lipinski definition) is 4. The Kier molecular flexibility index (Phi) is 4.35. The van der Waals surface area contributed by atoms with Crippen LogP contribution in [0.2, 0.25) is 0 Å². The van der Waals surface area contributed by atoms with Gasteiger partial charge >= 0.3 is 5.63 Å². The predicted molar refractivity (Wildman–Crippen MR) is 115 cm³/mol. The molecule has 3 N–H and O–H groups in total. The molecular weight excluding hydrogens is 380 g/mol. The van der Waals surface area contributed by atoms with E-state index in [9.17, 15) is 14.7 Å². The molecule has 0 saturated carbocycles. The number of aryl methyl sites for hydroxylation is 2. The second-order valence-electron chi connectivity index (χ2n) is 7.93. The van der Waals surface area contributed by atoms with Crippen molar-refractivity contribution in [3.63, 3.8) is 0 Å². The zero-order valence-electron chi connectivity index (χ0n) is 16.6. The van der Waals surface area contributed by atoms with Gasteiger partial charge in [0.05, 0.1) is 18.0 Å². The Labute approximate surface area is 172 Å². The van der Waals surface area contributed by atoms with Crippen molar-refractivity contribution in [3.8, 4) is 5.75 Å². The Morgan fingerprint density at radius 1 is 1.23 bits per heavy atom. The molecule has 6 heteroatoms. The van der Waals surface area contributed by atoms with Gasteiger partial charge < -0.3 is 19.8 Å². The number of phenolic OH excluding ortho intramolecular Hbond substituents is 1. The maximum absolute atomic E-state index is 12.9. The zero-order chi connectivity index (χ0) is 20.8. The molecule has 0 fully saturated rings. The van der Waals surface area contributed by atoms with Crippen LogP contribution in [-0.2, 0) is 17.6 Å². The lowest BCUT2D eigenvalue weighted by Crippen LogP contribution is -2.33. The summed E-state index contributed by atoms with van der Waals surface area (Å²) >= 11 is 0. The zero-order valence-corrected chi connectivity index (χ0v) is 16.6. The van der Waals surface area contributed by atoms with E-state index in [1.807, 2.05) is 18.2 Å². The molecule has 1 amide bonds. The van der Waals surface area contributed by atoms with Crippen molar-refractivity contribution in [1.29, 1.82) is 0 Å². The summed E-state index contributed by atoms with van der Waals surface area (Å²) in [5.74, 6) is -0.179. The van der Waals surface area contributed by atoms with Gasteiger partial charge in [-0.1, -0.05) is 18.2 Å². The summed E-state index contributed by atoms with van der Waals surface area (Å²) in [4.78, 5) is 28.8. The Morgan fingerprint density at radius 2 is 2.07 bits per heavy atom. The summed E-state index contributed by atoms with van der Waals surface area (Å²) in [6, 6.07) is 12.7. The van der Waals surface area contributed by atoms with Gasteiger partial charge in [0.15, 0.2) is 0 Å². The maximum atomic E-state index is 12.9. The summed E-state index contributed by atoms with van der Waals surface area (Å²) in [5, 5.41) is 14.6. The number of H-pyrrole nitrogens is 1. The number of nitrogens with one attached hydrogen (secondary N) is 2. The molecule has 2 heterocycles. The number of aromatic amines is 1. The highest BCUT2D eigenvalue weighted by atomic mass is 16.4. The van der Waals surface area contributed by atoms with Crippen molar-refractivity contribution < 1.29 is 14.3 Å². The molecule has 0 unspecified atom stereocenters. The van der Waals surface area contributed by atoms with Gasteiger partial charge in [-0.05, 0) is 55.5 Å². The van der Waals surface area contributed by atoms with E-state index in [2.05, 4.69) is 16.4 Å². The van der Waals surface area contributed by atoms with E-state index in [0.29, 0.717) is 22.1 Å². The van der Waals surface area contributed by atoms with Crippen LogP contribution < -0.4 is 10.9 Å². The molecule has 2 aromatic carbocycles. The molecule has 1 aliphatic rings. The van der Waals surface area contributed by atoms with Crippen LogP contribution in [0, 0.1) is 6.92 Å². The molecule has 1 aliphatic carbocycles. The van der Waals surface area contributed by atoms with E-state index >= 15 is 0 Å². The van der Waals surface area contributed by atoms with E-state index in [-0.39, 0.29) is 24.1 Å². The lowest BCUT2D eigenvalue weighted by molar-refractivity contribution is -0.121. The largest absolute Gasteiger partial charge is 0.508 e. The normalized spacial score (nSPS) is 16.0. The Balaban J connectivity index is 1.43. The van der Waals surface area contributed by atoms with E-state index in [4.69, 9.17) is 4.42 Å². The molecule has 152 valence electrons. The number of para-hydroxylation sites is 1. The first-order valence-electron chi connectivity index (χ1n) is 10.2. The molecule has 1 atom stereocenters. The number of amides is 1. The van der Waals surface area contributed by atoms with E-state index in [1.165, 1.54) is 17.0 Å². The highest BCUT2D eigenvalue weighted by molar-refractivity contribution is 5.87. The smallest absolute Gasteiger partial charge is 0.340 e. The molecule has 0 aliphatic heterocycles. The summed E-state index contributed by atoms with van der Waals surface area (Å²) in [7, 11) is 0. The number of phenols is 1. The van der Waals surface area contributed by atoms with Crippen molar-refractivity contribution in [1.82, 2.24) is 10.3 Å². The number of carbonyl (C=O) groups excluding carboxylic acids is 1. The third-order valence-electron chi connectivity index (χ3n) is 6.06. The van der Waals surface area contributed by atoms with Crippen LogP contribution >= 0.6 is 0 Å². The van der Waals surface area contributed by atoms with Crippen molar-refractivity contribution in [3.05, 3.63) is 75.3 Å². The molecular formula is C24H22N2O4. The average Bonchev–Trinajstić information content (AvgIpc) is 3.11. The van der Waals surface area contributed by atoms with Gasteiger partial charge in [0.2, 0.25) is 5.91 Å². The molecule has 30 heavy (non-hydrogen) atoms. The minimum Gasteiger partial charge on any atom is -0.508 e. The van der Waals surface area contributed by atoms with Crippen molar-refractivity contribution in [2.24, 2.45) is 0 Å². The quantitative estimate of drug-likeness (QED) is 0.451. The first-order valence-corrected chi connectivity index (χ1v) is 10.2. The lowest BCUT2D eigenvalue weighted by Gasteiger charge is -2.24. The summed E-state index contributed by atoms with van der Waals surface area (Å²) in [6.45, 7) is 1.80. The van der Waals surface area contributed by atoms with Crippen molar-refractivity contribution >= 4 is 27.8 Å². The molecule has 2 aromatic heterocycles. The van der Waals surface area contributed by atoms with Crippen LogP contribution in [0.3, 0.4) is 0 Å². The summed E-state index contributed by atoms with van der Waals surface area (Å²) in [5.41, 5.74) is 4.23. The Bertz CT molecular complexity index is 1350. The van der Waals surface area contributed by atoms with Gasteiger partial charge in [0, 0.05) is 28.0 Å². The molecule has 4 aromatic rings. The minimum atomic E-state index is -0.546. The van der Waals surface area contributed by atoms with E-state index in [0.717, 1.165) is 30.5 Å². The van der Waals surface area contributed by atoms with Gasteiger partial charge in [0.25, 0.3) is 0 Å². The first-order chi connectivity index (χ1) is 14.5. The fraction of sp³-hybridized carbons (Fsp3) is 0.250. The van der Waals surface area contributed by atoms with Gasteiger partial charge in [-0.3, -0.25) is 4.79 Å². The first kappa shape index (κ1) is 18.5. The van der Waals surface area contributed by atoms with Crippen LogP contribution in [0.4, 0.5) is 0 Å². The van der Waals surface area contributed by atoms with E-state index in [1.54, 1.807) is 19.1 Å². The SMILES string of the molecule is Cc1c(CC(=O)N[C@@H]2CCCc3c2[nH]c2ccccc32)c(=O)oc2cc(O)ccc12. The minimum absolute atomic E-state index is 0.0296. The number of aromatic nitrogens is 1. The Hall–Kier alpha value is -3.54. The summed E-state index contributed by atoms with van der Waals surface area (Å²) < 4.78 is 5.34. The topological polar surface area (TPSA) is 95.3 Å². The third kappa shape index (κ3) is 3.05. The fourth-order valence-electron chi connectivity index (χ4n) is 4.55. The van der Waals surface area contributed by atoms with Crippen LogP contribution in [0.5, 0.6) is 5.75 Å². The van der Waals surface area contributed by atoms with Gasteiger partial charge in [0.1, 0.15) is 11.3 Å². The van der Waals surface area contributed by atoms with Gasteiger partial charge in [-0.2, -0.15) is 0 Å². The number of rotatable bonds is 3. The molecule has 0 saturated heterocycles. The average molecular weight is 402 g/mol. The molecule has 0 bridgehead atoms. The third-order valence-corrected chi connectivity index (χ3v) is 6.06. The van der Waals surface area contributed by atoms with Crippen molar-refractivity contribution in [2.45, 2.75) is 38.6 Å². The second-order valence-corrected chi connectivity index (χ2v) is 7.93. The number of benzene rings is 2. The summed E-state index contributed by atoms with van der Waals surface area (Å²) in [6.07, 6.45) is 2.81. The monoisotopic (exact) mass is 402 g/mol. The maximum Gasteiger partial charge on any atom is 0.340 e. The molecule has 6 nitrogen and oxygen atoms in total. The highest BCUT2D eigenvalue weighted by Crippen LogP contribution is 2.34. The highest BCUT2D eigenvalue weighted by Gasteiger charge is 2.26. The predicted octanol–water partition coefficient (Wildman–Crippen LogP) is 4.02. The standard InChI is InChI=1S/C24H22N2O4/c1-13-15-10-9-14(27)11-21(15)30-24(29)18(13)12-22(28)25-20-8-4-6-17-16-5-2-3-7-19(16)26-23(17)20/h2-3,5,7,9-11,20,26-27H,4,6,8,12H2,1H3,(H,25,28)/t20-/m1/s1. The lowest BCUT2D eigenvalue weighted by atomic mass is 9.91. The molecule has 0 spiro atoms. The van der Waals surface area contributed by atoms with Crippen LogP contribution in [0.25, 0.3) is 21.9 Å². The van der Waals surface area contributed by atoms with Crippen molar-refractivity contribution in [2.75, 3.05) is 0 Å². The number of hydrogen-bond donors (Lipinski definition) is 3. The molecule has 0 radical (unpaired) electrons. The van der Waals surface area contributed by atoms with Crippen LogP contribution in [0.1, 0.15) is 41.3 Å². The fourth-order valence-corrected chi connectivity index (χ4v) is 4.55.